The Hall–Kier alpha value is -2.15. The van der Waals surface area contributed by atoms with E-state index in [1.807, 2.05) is 32.9 Å². The molecule has 3 aliphatic rings. The van der Waals surface area contributed by atoms with Crippen LogP contribution in [0.25, 0.3) is 0 Å². The predicted molar refractivity (Wildman–Crippen MR) is 113 cm³/mol. The first kappa shape index (κ1) is 23.5. The first-order chi connectivity index (χ1) is 14.4. The fraction of sp³-hybridized carbons (Fsp3) is 0.708. The minimum Gasteiger partial charge on any atom is -0.458 e. The normalized spacial score (nSPS) is 40.7. The molecule has 2 aliphatic heterocycles. The molecule has 7 unspecified atom stereocenters. The molecule has 7 atom stereocenters. The van der Waals surface area contributed by atoms with Crippen LogP contribution >= 0.6 is 0 Å². The van der Waals surface area contributed by atoms with Crippen LogP contribution in [-0.4, -0.2) is 47.4 Å². The molecule has 2 heterocycles. The highest BCUT2D eigenvalue weighted by Crippen LogP contribution is 2.47. The van der Waals surface area contributed by atoms with Crippen LogP contribution in [0.3, 0.4) is 0 Å². The Bertz CT molecular complexity index is 787. The summed E-state index contributed by atoms with van der Waals surface area (Å²) in [5.41, 5.74) is -0.668. The van der Waals surface area contributed by atoms with Gasteiger partial charge in [0.25, 0.3) is 0 Å². The molecule has 0 amide bonds. The van der Waals surface area contributed by atoms with E-state index in [0.717, 1.165) is 6.42 Å². The van der Waals surface area contributed by atoms with Gasteiger partial charge in [-0.3, -0.25) is 9.59 Å². The van der Waals surface area contributed by atoms with Crippen LogP contribution in [0.15, 0.2) is 24.3 Å². The van der Waals surface area contributed by atoms with E-state index < -0.39 is 29.7 Å². The third-order valence-electron chi connectivity index (χ3n) is 6.74. The molecule has 0 spiro atoms. The molecule has 2 saturated heterocycles. The van der Waals surface area contributed by atoms with Crippen molar-refractivity contribution in [2.75, 3.05) is 0 Å². The summed E-state index contributed by atoms with van der Waals surface area (Å²) >= 11 is 0. The van der Waals surface area contributed by atoms with Gasteiger partial charge >= 0.3 is 17.9 Å². The van der Waals surface area contributed by atoms with Crippen molar-refractivity contribution in [2.45, 2.75) is 96.2 Å². The van der Waals surface area contributed by atoms with Crippen molar-refractivity contribution in [3.05, 3.63) is 24.3 Å². The summed E-state index contributed by atoms with van der Waals surface area (Å²) < 4.78 is 22.9. The van der Waals surface area contributed by atoms with E-state index >= 15 is 0 Å². The average molecular weight is 435 g/mol. The standard InChI is InChI=1S/C24H34O7/c1-14-9-7-10-23(5,30-17(4)26)11-8-12-24(6)19(31-24)13-18-15(2)22(27)29-21(18)20(14)28-16(3)25/h8,11,14,18-21H,2,7,9-10,12-13H2,1,3-6H3. The number of carbonyl (C=O) groups excluding carboxylic acids is 3. The molecular weight excluding hydrogens is 400 g/mol. The summed E-state index contributed by atoms with van der Waals surface area (Å²) in [7, 11) is 0. The SMILES string of the molecule is C=C1C(=O)OC2C1CC1OC1(C)CC=CC(C)(OC(C)=O)CCCC(C)C2OC(C)=O. The van der Waals surface area contributed by atoms with Crippen LogP contribution in [-0.2, 0) is 33.3 Å². The lowest BCUT2D eigenvalue weighted by Crippen LogP contribution is -2.41. The van der Waals surface area contributed by atoms with Gasteiger partial charge in [-0.05, 0) is 57.9 Å². The first-order valence-electron chi connectivity index (χ1n) is 11.1. The Kier molecular flexibility index (Phi) is 6.65. The van der Waals surface area contributed by atoms with Crippen LogP contribution in [0, 0.1) is 11.8 Å². The Morgan fingerprint density at radius 3 is 2.58 bits per heavy atom. The van der Waals surface area contributed by atoms with E-state index in [4.69, 9.17) is 18.9 Å². The van der Waals surface area contributed by atoms with Gasteiger partial charge in [-0.25, -0.2) is 4.79 Å². The summed E-state index contributed by atoms with van der Waals surface area (Å²) in [4.78, 5) is 35.9. The molecule has 7 heteroatoms. The number of esters is 3. The molecule has 2 fully saturated rings. The largest absolute Gasteiger partial charge is 0.458 e. The molecule has 3 rings (SSSR count). The maximum atomic E-state index is 12.3. The highest BCUT2D eigenvalue weighted by molar-refractivity contribution is 5.91. The third kappa shape index (κ3) is 5.37. The van der Waals surface area contributed by atoms with Gasteiger partial charge in [0.1, 0.15) is 17.8 Å². The van der Waals surface area contributed by atoms with Crippen LogP contribution in [0.1, 0.15) is 66.7 Å². The Labute approximate surface area is 184 Å². The maximum Gasteiger partial charge on any atom is 0.334 e. The van der Waals surface area contributed by atoms with Gasteiger partial charge < -0.3 is 18.9 Å². The van der Waals surface area contributed by atoms with Crippen LogP contribution in [0.4, 0.5) is 0 Å². The Morgan fingerprint density at radius 1 is 1.23 bits per heavy atom. The summed E-state index contributed by atoms with van der Waals surface area (Å²) in [6, 6.07) is 0. The van der Waals surface area contributed by atoms with Crippen molar-refractivity contribution in [2.24, 2.45) is 11.8 Å². The molecule has 7 nitrogen and oxygen atoms in total. The van der Waals surface area contributed by atoms with Gasteiger partial charge in [-0.1, -0.05) is 19.6 Å². The van der Waals surface area contributed by atoms with Crippen LogP contribution < -0.4 is 0 Å². The number of epoxide rings is 1. The quantitative estimate of drug-likeness (QED) is 0.215. The highest BCUT2D eigenvalue weighted by Gasteiger charge is 2.56. The first-order valence-corrected chi connectivity index (χ1v) is 11.1. The van der Waals surface area contributed by atoms with Crippen molar-refractivity contribution >= 4 is 17.9 Å². The minimum atomic E-state index is -0.718. The van der Waals surface area contributed by atoms with E-state index in [9.17, 15) is 14.4 Å². The molecule has 0 aromatic carbocycles. The summed E-state index contributed by atoms with van der Waals surface area (Å²) in [5.74, 6) is -1.50. The van der Waals surface area contributed by atoms with Gasteiger partial charge in [0.15, 0.2) is 0 Å². The smallest absolute Gasteiger partial charge is 0.334 e. The summed E-state index contributed by atoms with van der Waals surface area (Å²) in [6.45, 7) is 12.6. The second kappa shape index (κ2) is 8.77. The van der Waals surface area contributed by atoms with Crippen molar-refractivity contribution in [1.29, 1.82) is 0 Å². The molecule has 0 bridgehead atoms. The molecule has 1 aliphatic carbocycles. The number of hydrogen-bond acceptors (Lipinski definition) is 7. The fourth-order valence-electron chi connectivity index (χ4n) is 4.88. The molecular formula is C24H34O7. The molecule has 0 saturated carbocycles. The summed E-state index contributed by atoms with van der Waals surface area (Å²) in [5, 5.41) is 0. The zero-order chi connectivity index (χ0) is 23.0. The zero-order valence-corrected chi connectivity index (χ0v) is 19.1. The predicted octanol–water partition coefficient (Wildman–Crippen LogP) is 3.65. The molecule has 0 aromatic rings. The van der Waals surface area contributed by atoms with Gasteiger partial charge in [0.2, 0.25) is 0 Å². The summed E-state index contributed by atoms with van der Waals surface area (Å²) in [6.07, 6.45) is 6.07. The van der Waals surface area contributed by atoms with E-state index in [-0.39, 0.29) is 29.5 Å². The molecule has 0 N–H and O–H groups in total. The van der Waals surface area contributed by atoms with Crippen molar-refractivity contribution in [3.63, 3.8) is 0 Å². The zero-order valence-electron chi connectivity index (χ0n) is 19.1. The highest BCUT2D eigenvalue weighted by atomic mass is 16.6. The van der Waals surface area contributed by atoms with E-state index in [1.54, 1.807) is 0 Å². The van der Waals surface area contributed by atoms with E-state index in [0.29, 0.717) is 31.3 Å². The van der Waals surface area contributed by atoms with Gasteiger partial charge in [-0.15, -0.1) is 0 Å². The fourth-order valence-corrected chi connectivity index (χ4v) is 4.88. The topological polar surface area (TPSA) is 91.4 Å². The van der Waals surface area contributed by atoms with Gasteiger partial charge in [0, 0.05) is 25.3 Å². The molecule has 0 radical (unpaired) electrons. The second-order valence-electron chi connectivity index (χ2n) is 9.61. The molecule has 31 heavy (non-hydrogen) atoms. The molecule has 0 aromatic heterocycles. The van der Waals surface area contributed by atoms with Crippen LogP contribution in [0.2, 0.25) is 0 Å². The average Bonchev–Trinajstić information content (AvgIpc) is 3.20. The van der Waals surface area contributed by atoms with Crippen molar-refractivity contribution in [1.82, 2.24) is 0 Å². The Morgan fingerprint density at radius 2 is 1.94 bits per heavy atom. The number of hydrogen-bond donors (Lipinski definition) is 0. The number of fused-ring (bicyclic) bond motifs is 2. The number of ether oxygens (including phenoxy) is 4. The molecule has 172 valence electrons. The van der Waals surface area contributed by atoms with Crippen LogP contribution in [0.5, 0.6) is 0 Å². The number of rotatable bonds is 2. The number of carbonyl (C=O) groups is 3. The third-order valence-corrected chi connectivity index (χ3v) is 6.74. The van der Waals surface area contributed by atoms with Gasteiger partial charge in [0.05, 0.1) is 11.7 Å². The van der Waals surface area contributed by atoms with Gasteiger partial charge in [-0.2, -0.15) is 0 Å². The van der Waals surface area contributed by atoms with E-state index in [1.165, 1.54) is 13.8 Å². The lowest BCUT2D eigenvalue weighted by Gasteiger charge is -2.32. The van der Waals surface area contributed by atoms with E-state index in [2.05, 4.69) is 6.58 Å². The van der Waals surface area contributed by atoms with Crippen molar-refractivity contribution < 1.29 is 33.3 Å². The Balaban J connectivity index is 1.89. The lowest BCUT2D eigenvalue weighted by molar-refractivity contribution is -0.165. The lowest BCUT2D eigenvalue weighted by atomic mass is 9.81. The maximum absolute atomic E-state index is 12.3. The monoisotopic (exact) mass is 434 g/mol. The second-order valence-corrected chi connectivity index (χ2v) is 9.61. The van der Waals surface area contributed by atoms with Crippen molar-refractivity contribution in [3.8, 4) is 0 Å². The minimum absolute atomic E-state index is 0.0601.